The number of benzene rings is 3. The van der Waals surface area contributed by atoms with E-state index in [1.54, 1.807) is 18.2 Å². The van der Waals surface area contributed by atoms with Crippen molar-refractivity contribution in [2.24, 2.45) is 0 Å². The number of hydrogen-bond donors (Lipinski definition) is 2. The number of thiophene rings is 1. The summed E-state index contributed by atoms with van der Waals surface area (Å²) in [7, 11) is 0. The molecule has 38 heavy (non-hydrogen) atoms. The summed E-state index contributed by atoms with van der Waals surface area (Å²) in [5, 5.41) is 17.7. The average Bonchev–Trinajstić information content (AvgIpc) is 3.34. The number of anilines is 2. The average molecular weight is 542 g/mol. The Morgan fingerprint density at radius 1 is 1.03 bits per heavy atom. The minimum absolute atomic E-state index is 0.103. The highest BCUT2D eigenvalue weighted by Gasteiger charge is 2.22. The number of carbonyl (C=O) groups is 2. The summed E-state index contributed by atoms with van der Waals surface area (Å²) in [5.74, 6) is 0.184. The fourth-order valence-electron chi connectivity index (χ4n) is 3.70. The fraction of sp³-hybridized carbons (Fsp3) is 0.167. The Labute approximate surface area is 230 Å². The van der Waals surface area contributed by atoms with Gasteiger partial charge in [-0.1, -0.05) is 61.0 Å². The number of rotatable bonds is 10. The van der Waals surface area contributed by atoms with E-state index in [0.29, 0.717) is 28.4 Å². The van der Waals surface area contributed by atoms with Gasteiger partial charge in [0.25, 0.3) is 5.91 Å². The van der Waals surface area contributed by atoms with Crippen molar-refractivity contribution in [3.63, 3.8) is 0 Å². The standard InChI is InChI=1S/C30H27N3O3S2/c1-3-27(29(35)33-30-25(17-31)26(19-37-30)21-14-12-20(2)13-15-21)38-24-11-7-8-22(16-24)32-28(34)18-36-23-9-5-4-6-10-23/h4-16,19,27H,3,18H2,1-2H3,(H,32,34)(H,33,35). The summed E-state index contributed by atoms with van der Waals surface area (Å²) >= 11 is 2.76. The highest BCUT2D eigenvalue weighted by molar-refractivity contribution is 8.00. The van der Waals surface area contributed by atoms with E-state index in [1.165, 1.54) is 23.1 Å². The van der Waals surface area contributed by atoms with Gasteiger partial charge < -0.3 is 15.4 Å². The number of aryl methyl sites for hydroxylation is 1. The van der Waals surface area contributed by atoms with E-state index in [9.17, 15) is 14.9 Å². The smallest absolute Gasteiger partial charge is 0.262 e. The molecule has 1 unspecified atom stereocenters. The Morgan fingerprint density at radius 2 is 1.79 bits per heavy atom. The van der Waals surface area contributed by atoms with Crippen molar-refractivity contribution in [3.8, 4) is 22.9 Å². The molecule has 0 fully saturated rings. The predicted octanol–water partition coefficient (Wildman–Crippen LogP) is 7.12. The van der Waals surface area contributed by atoms with Crippen LogP contribution in [0.25, 0.3) is 11.1 Å². The quantitative estimate of drug-likeness (QED) is 0.209. The number of amides is 2. The third kappa shape index (κ3) is 7.03. The Balaban J connectivity index is 1.38. The second kappa shape index (κ2) is 13.0. The van der Waals surface area contributed by atoms with Crippen LogP contribution in [-0.4, -0.2) is 23.7 Å². The lowest BCUT2D eigenvalue weighted by molar-refractivity contribution is -0.118. The number of para-hydroxylation sites is 1. The molecule has 0 spiro atoms. The third-order valence-electron chi connectivity index (χ3n) is 5.67. The van der Waals surface area contributed by atoms with Crippen LogP contribution in [0.3, 0.4) is 0 Å². The molecule has 4 rings (SSSR count). The van der Waals surface area contributed by atoms with Gasteiger partial charge in [-0.25, -0.2) is 0 Å². The number of ether oxygens (including phenoxy) is 1. The Hall–Kier alpha value is -4.06. The van der Waals surface area contributed by atoms with Gasteiger partial charge in [-0.2, -0.15) is 5.26 Å². The van der Waals surface area contributed by atoms with Gasteiger partial charge in [-0.15, -0.1) is 23.1 Å². The normalized spacial score (nSPS) is 11.3. The number of carbonyl (C=O) groups excluding carboxylic acids is 2. The van der Waals surface area contributed by atoms with E-state index in [-0.39, 0.29) is 23.7 Å². The van der Waals surface area contributed by atoms with Gasteiger partial charge in [0.2, 0.25) is 5.91 Å². The lowest BCUT2D eigenvalue weighted by Gasteiger charge is -2.15. The van der Waals surface area contributed by atoms with Crippen LogP contribution in [0.2, 0.25) is 0 Å². The molecule has 1 heterocycles. The van der Waals surface area contributed by atoms with Crippen LogP contribution in [0.4, 0.5) is 10.7 Å². The lowest BCUT2D eigenvalue weighted by Crippen LogP contribution is -2.24. The van der Waals surface area contributed by atoms with Crippen LogP contribution in [0.5, 0.6) is 5.75 Å². The molecule has 0 aliphatic heterocycles. The molecular formula is C30H27N3O3S2. The first kappa shape index (κ1) is 27.0. The topological polar surface area (TPSA) is 91.2 Å². The molecule has 2 amide bonds. The van der Waals surface area contributed by atoms with E-state index in [4.69, 9.17) is 4.74 Å². The molecule has 0 saturated heterocycles. The van der Waals surface area contributed by atoms with E-state index < -0.39 is 0 Å². The molecule has 3 aromatic carbocycles. The minimum atomic E-state index is -0.376. The number of thioether (sulfide) groups is 1. The summed E-state index contributed by atoms with van der Waals surface area (Å²) in [6.45, 7) is 3.86. The minimum Gasteiger partial charge on any atom is -0.484 e. The van der Waals surface area contributed by atoms with Crippen molar-refractivity contribution >= 4 is 45.6 Å². The molecule has 4 aromatic rings. The highest BCUT2D eigenvalue weighted by atomic mass is 32.2. The van der Waals surface area contributed by atoms with Crippen LogP contribution >= 0.6 is 23.1 Å². The number of nitrogens with one attached hydrogen (secondary N) is 2. The summed E-state index contributed by atoms with van der Waals surface area (Å²) < 4.78 is 5.50. The number of hydrogen-bond acceptors (Lipinski definition) is 6. The molecule has 192 valence electrons. The van der Waals surface area contributed by atoms with Gasteiger partial charge in [0.15, 0.2) is 6.61 Å². The van der Waals surface area contributed by atoms with Crippen molar-refractivity contribution in [1.82, 2.24) is 0 Å². The van der Waals surface area contributed by atoms with Crippen LogP contribution < -0.4 is 15.4 Å². The van der Waals surface area contributed by atoms with Gasteiger partial charge in [0, 0.05) is 21.5 Å². The van der Waals surface area contributed by atoms with Crippen LogP contribution in [-0.2, 0) is 9.59 Å². The maximum Gasteiger partial charge on any atom is 0.262 e. The zero-order chi connectivity index (χ0) is 26.9. The van der Waals surface area contributed by atoms with Gasteiger partial charge in [0.05, 0.1) is 10.8 Å². The highest BCUT2D eigenvalue weighted by Crippen LogP contribution is 2.36. The molecule has 0 radical (unpaired) electrons. The Kier molecular flexibility index (Phi) is 9.20. The van der Waals surface area contributed by atoms with Gasteiger partial charge in [0.1, 0.15) is 16.8 Å². The molecule has 1 atom stereocenters. The van der Waals surface area contributed by atoms with Crippen LogP contribution in [0, 0.1) is 18.3 Å². The maximum absolute atomic E-state index is 13.2. The fourth-order valence-corrected chi connectivity index (χ4v) is 5.63. The zero-order valence-corrected chi connectivity index (χ0v) is 22.7. The van der Waals surface area contributed by atoms with Crippen molar-refractivity contribution in [3.05, 3.63) is 95.4 Å². The second-order valence-electron chi connectivity index (χ2n) is 8.51. The van der Waals surface area contributed by atoms with E-state index in [0.717, 1.165) is 21.6 Å². The molecule has 0 saturated carbocycles. The first-order valence-corrected chi connectivity index (χ1v) is 13.9. The van der Waals surface area contributed by atoms with Crippen LogP contribution in [0.1, 0.15) is 24.5 Å². The molecule has 8 heteroatoms. The number of nitrogens with zero attached hydrogens (tertiary/aromatic N) is 1. The van der Waals surface area contributed by atoms with Gasteiger partial charge >= 0.3 is 0 Å². The molecule has 2 N–H and O–H groups in total. The predicted molar refractivity (Wildman–Crippen MR) is 155 cm³/mol. The first-order chi connectivity index (χ1) is 18.5. The Morgan fingerprint density at radius 3 is 2.50 bits per heavy atom. The van der Waals surface area contributed by atoms with E-state index >= 15 is 0 Å². The summed E-state index contributed by atoms with van der Waals surface area (Å²) in [6.07, 6.45) is 0.593. The van der Waals surface area contributed by atoms with Crippen molar-refractivity contribution in [2.45, 2.75) is 30.4 Å². The summed E-state index contributed by atoms with van der Waals surface area (Å²) in [4.78, 5) is 26.4. The molecular weight excluding hydrogens is 514 g/mol. The van der Waals surface area contributed by atoms with Crippen molar-refractivity contribution < 1.29 is 14.3 Å². The van der Waals surface area contributed by atoms with Crippen molar-refractivity contribution in [2.75, 3.05) is 17.2 Å². The first-order valence-electron chi connectivity index (χ1n) is 12.1. The zero-order valence-electron chi connectivity index (χ0n) is 21.1. The molecule has 0 aliphatic carbocycles. The van der Waals surface area contributed by atoms with E-state index in [1.807, 2.05) is 79.9 Å². The molecule has 1 aromatic heterocycles. The lowest BCUT2D eigenvalue weighted by atomic mass is 10.0. The van der Waals surface area contributed by atoms with Crippen LogP contribution in [0.15, 0.2) is 89.1 Å². The monoisotopic (exact) mass is 541 g/mol. The molecule has 0 bridgehead atoms. The maximum atomic E-state index is 13.2. The molecule has 0 aliphatic rings. The summed E-state index contributed by atoms with van der Waals surface area (Å²) in [6, 6.07) is 26.7. The van der Waals surface area contributed by atoms with Gasteiger partial charge in [-0.05, 0) is 49.2 Å². The van der Waals surface area contributed by atoms with E-state index in [2.05, 4.69) is 16.7 Å². The molecule has 6 nitrogen and oxygen atoms in total. The number of nitriles is 1. The largest absolute Gasteiger partial charge is 0.484 e. The SMILES string of the molecule is CCC(Sc1cccc(NC(=O)COc2ccccc2)c1)C(=O)Nc1scc(-c2ccc(C)cc2)c1C#N. The second-order valence-corrected chi connectivity index (χ2v) is 10.7. The third-order valence-corrected chi connectivity index (χ3v) is 7.93. The van der Waals surface area contributed by atoms with Crippen molar-refractivity contribution in [1.29, 1.82) is 5.26 Å². The summed E-state index contributed by atoms with van der Waals surface area (Å²) in [5.41, 5.74) is 3.99. The Bertz CT molecular complexity index is 1440. The van der Waals surface area contributed by atoms with Gasteiger partial charge in [-0.3, -0.25) is 9.59 Å².